The highest BCUT2D eigenvalue weighted by Gasteiger charge is 2.26. The van der Waals surface area contributed by atoms with E-state index in [4.69, 9.17) is 4.42 Å². The van der Waals surface area contributed by atoms with E-state index in [1.54, 1.807) is 12.3 Å². The van der Waals surface area contributed by atoms with Crippen molar-refractivity contribution in [2.45, 2.75) is 45.6 Å². The molecule has 1 aromatic heterocycles. The van der Waals surface area contributed by atoms with Crippen LogP contribution >= 0.6 is 0 Å². The number of carbonyl (C=O) groups excluding carboxylic acids is 1. The fraction of sp³-hybridized carbons (Fsp3) is 0.450. The summed E-state index contributed by atoms with van der Waals surface area (Å²) in [5, 5.41) is 3.57. The summed E-state index contributed by atoms with van der Waals surface area (Å²) in [4.78, 5) is 14.6. The maximum Gasteiger partial charge on any atom is 0.257 e. The zero-order chi connectivity index (χ0) is 17.1. The van der Waals surface area contributed by atoms with Crippen LogP contribution in [-0.4, -0.2) is 29.9 Å². The van der Waals surface area contributed by atoms with Gasteiger partial charge in [-0.1, -0.05) is 26.0 Å². The monoisotopic (exact) mass is 326 g/mol. The fourth-order valence-electron chi connectivity index (χ4n) is 3.26. The first kappa shape index (κ1) is 16.6. The standard InChI is InChI=1S/C20H26N2O2/c1-14(2)16-6-8-17(9-7-16)21-18-5-4-11-22(13-18)20(23)19-10-12-24-15(19)3/h6-10,12,14,18,21H,4-5,11,13H2,1-3H3/t18-/m1/s1. The van der Waals surface area contributed by atoms with Crippen molar-refractivity contribution < 1.29 is 9.21 Å². The van der Waals surface area contributed by atoms with Crippen LogP contribution in [0, 0.1) is 6.92 Å². The van der Waals surface area contributed by atoms with Gasteiger partial charge in [0.1, 0.15) is 5.76 Å². The number of hydrogen-bond acceptors (Lipinski definition) is 3. The Labute approximate surface area is 143 Å². The van der Waals surface area contributed by atoms with Crippen molar-refractivity contribution in [3.63, 3.8) is 0 Å². The molecule has 4 nitrogen and oxygen atoms in total. The van der Waals surface area contributed by atoms with E-state index in [1.807, 2.05) is 11.8 Å². The molecule has 1 aromatic carbocycles. The topological polar surface area (TPSA) is 45.5 Å². The number of benzene rings is 1. The highest BCUT2D eigenvalue weighted by molar-refractivity contribution is 5.95. The summed E-state index contributed by atoms with van der Waals surface area (Å²) in [7, 11) is 0. The first-order chi connectivity index (χ1) is 11.5. The average Bonchev–Trinajstić information content (AvgIpc) is 3.01. The van der Waals surface area contributed by atoms with Crippen LogP contribution in [0.5, 0.6) is 0 Å². The van der Waals surface area contributed by atoms with E-state index in [9.17, 15) is 4.79 Å². The largest absolute Gasteiger partial charge is 0.469 e. The highest BCUT2D eigenvalue weighted by atomic mass is 16.3. The molecule has 0 spiro atoms. The Bertz CT molecular complexity index is 688. The summed E-state index contributed by atoms with van der Waals surface area (Å²) >= 11 is 0. The normalized spacial score (nSPS) is 18.0. The number of furan rings is 1. The van der Waals surface area contributed by atoms with Gasteiger partial charge < -0.3 is 14.6 Å². The van der Waals surface area contributed by atoms with Crippen LogP contribution in [-0.2, 0) is 0 Å². The van der Waals surface area contributed by atoms with E-state index in [0.29, 0.717) is 23.3 Å². The minimum Gasteiger partial charge on any atom is -0.469 e. The Balaban J connectivity index is 1.63. The molecule has 1 fully saturated rings. The molecule has 0 bridgehead atoms. The quantitative estimate of drug-likeness (QED) is 0.904. The number of hydrogen-bond donors (Lipinski definition) is 1. The number of anilines is 1. The van der Waals surface area contributed by atoms with Crippen LogP contribution in [0.15, 0.2) is 41.0 Å². The Morgan fingerprint density at radius 3 is 2.62 bits per heavy atom. The van der Waals surface area contributed by atoms with E-state index in [2.05, 4.69) is 43.4 Å². The van der Waals surface area contributed by atoms with Gasteiger partial charge >= 0.3 is 0 Å². The number of likely N-dealkylation sites (tertiary alicyclic amines) is 1. The predicted octanol–water partition coefficient (Wildman–Crippen LogP) is 4.43. The second kappa shape index (κ2) is 7.12. The SMILES string of the molecule is Cc1occc1C(=O)N1CCC[C@@H](Nc2ccc(C(C)C)cc2)C1. The summed E-state index contributed by atoms with van der Waals surface area (Å²) < 4.78 is 5.27. The van der Waals surface area contributed by atoms with Gasteiger partial charge in [0.25, 0.3) is 5.91 Å². The van der Waals surface area contributed by atoms with Crippen LogP contribution in [0.4, 0.5) is 5.69 Å². The van der Waals surface area contributed by atoms with Gasteiger partial charge in [0.2, 0.25) is 0 Å². The highest BCUT2D eigenvalue weighted by Crippen LogP contribution is 2.21. The number of piperidine rings is 1. The zero-order valence-corrected chi connectivity index (χ0v) is 14.7. The van der Waals surface area contributed by atoms with Crippen molar-refractivity contribution in [1.82, 2.24) is 4.90 Å². The van der Waals surface area contributed by atoms with Crippen LogP contribution in [0.1, 0.15) is 54.3 Å². The first-order valence-electron chi connectivity index (χ1n) is 8.74. The smallest absolute Gasteiger partial charge is 0.257 e. The number of carbonyl (C=O) groups is 1. The average molecular weight is 326 g/mol. The van der Waals surface area contributed by atoms with Crippen LogP contribution in [0.25, 0.3) is 0 Å². The molecule has 1 saturated heterocycles. The Morgan fingerprint density at radius 1 is 1.25 bits per heavy atom. The Hall–Kier alpha value is -2.23. The lowest BCUT2D eigenvalue weighted by molar-refractivity contribution is 0.0713. The van der Waals surface area contributed by atoms with Gasteiger partial charge in [0.15, 0.2) is 0 Å². The molecule has 1 N–H and O–H groups in total. The molecule has 2 heterocycles. The third-order valence-electron chi connectivity index (χ3n) is 4.75. The van der Waals surface area contributed by atoms with E-state index in [1.165, 1.54) is 5.56 Å². The predicted molar refractivity (Wildman–Crippen MR) is 96.5 cm³/mol. The number of rotatable bonds is 4. The second-order valence-electron chi connectivity index (χ2n) is 6.90. The van der Waals surface area contributed by atoms with E-state index in [-0.39, 0.29) is 5.91 Å². The lowest BCUT2D eigenvalue weighted by Crippen LogP contribution is -2.45. The maximum atomic E-state index is 12.6. The molecule has 1 aliphatic rings. The lowest BCUT2D eigenvalue weighted by atomic mass is 10.0. The van der Waals surface area contributed by atoms with Crippen molar-refractivity contribution in [2.24, 2.45) is 0 Å². The molecule has 1 atom stereocenters. The fourth-order valence-corrected chi connectivity index (χ4v) is 3.26. The number of amides is 1. The number of aryl methyl sites for hydroxylation is 1. The third-order valence-corrected chi connectivity index (χ3v) is 4.75. The summed E-state index contributed by atoms with van der Waals surface area (Å²) in [5.41, 5.74) is 3.14. The van der Waals surface area contributed by atoms with Crippen LogP contribution in [0.3, 0.4) is 0 Å². The van der Waals surface area contributed by atoms with Crippen molar-refractivity contribution in [1.29, 1.82) is 0 Å². The van der Waals surface area contributed by atoms with Gasteiger partial charge in [0, 0.05) is 24.8 Å². The molecule has 0 aliphatic carbocycles. The molecule has 0 unspecified atom stereocenters. The summed E-state index contributed by atoms with van der Waals surface area (Å²) in [6, 6.07) is 10.7. The van der Waals surface area contributed by atoms with Gasteiger partial charge in [-0.3, -0.25) is 4.79 Å². The molecule has 1 aliphatic heterocycles. The maximum absolute atomic E-state index is 12.6. The summed E-state index contributed by atoms with van der Waals surface area (Å²) in [6.45, 7) is 7.78. The Kier molecular flexibility index (Phi) is 4.93. The van der Waals surface area contributed by atoms with Gasteiger partial charge in [-0.2, -0.15) is 0 Å². The van der Waals surface area contributed by atoms with Gasteiger partial charge in [-0.25, -0.2) is 0 Å². The number of nitrogens with zero attached hydrogens (tertiary/aromatic N) is 1. The minimum atomic E-state index is 0.0721. The van der Waals surface area contributed by atoms with E-state index >= 15 is 0 Å². The molecule has 24 heavy (non-hydrogen) atoms. The molecular weight excluding hydrogens is 300 g/mol. The molecule has 128 valence electrons. The second-order valence-corrected chi connectivity index (χ2v) is 6.90. The molecule has 3 rings (SSSR count). The molecule has 4 heteroatoms. The van der Waals surface area contributed by atoms with Gasteiger partial charge in [-0.05, 0) is 49.4 Å². The molecular formula is C20H26N2O2. The van der Waals surface area contributed by atoms with Crippen molar-refractivity contribution in [3.8, 4) is 0 Å². The van der Waals surface area contributed by atoms with Gasteiger partial charge in [-0.15, -0.1) is 0 Å². The van der Waals surface area contributed by atoms with Crippen molar-refractivity contribution in [2.75, 3.05) is 18.4 Å². The van der Waals surface area contributed by atoms with E-state index in [0.717, 1.165) is 31.6 Å². The zero-order valence-electron chi connectivity index (χ0n) is 14.7. The van der Waals surface area contributed by atoms with Crippen molar-refractivity contribution in [3.05, 3.63) is 53.5 Å². The van der Waals surface area contributed by atoms with Crippen molar-refractivity contribution >= 4 is 11.6 Å². The van der Waals surface area contributed by atoms with E-state index < -0.39 is 0 Å². The van der Waals surface area contributed by atoms with Crippen LogP contribution < -0.4 is 5.32 Å². The molecule has 2 aromatic rings. The Morgan fingerprint density at radius 2 is 2.00 bits per heavy atom. The lowest BCUT2D eigenvalue weighted by Gasteiger charge is -2.33. The minimum absolute atomic E-state index is 0.0721. The van der Waals surface area contributed by atoms with Crippen LogP contribution in [0.2, 0.25) is 0 Å². The summed E-state index contributed by atoms with van der Waals surface area (Å²) in [5.74, 6) is 1.31. The molecule has 0 radical (unpaired) electrons. The number of nitrogens with one attached hydrogen (secondary N) is 1. The molecule has 0 saturated carbocycles. The third kappa shape index (κ3) is 3.64. The summed E-state index contributed by atoms with van der Waals surface area (Å²) in [6.07, 6.45) is 3.68. The molecule has 1 amide bonds. The first-order valence-corrected chi connectivity index (χ1v) is 8.74. The van der Waals surface area contributed by atoms with Gasteiger partial charge in [0.05, 0.1) is 11.8 Å².